The first-order valence-corrected chi connectivity index (χ1v) is 6.10. The van der Waals surface area contributed by atoms with E-state index >= 15 is 0 Å². The molecule has 1 aromatic rings. The summed E-state index contributed by atoms with van der Waals surface area (Å²) in [6.07, 6.45) is 0. The topological polar surface area (TPSA) is 78.4 Å². The number of carboxylic acid groups (broad SMARTS) is 1. The van der Waals surface area contributed by atoms with Crippen molar-refractivity contribution in [3.05, 3.63) is 28.2 Å². The Morgan fingerprint density at radius 2 is 1.94 bits per heavy atom. The fourth-order valence-corrected chi connectivity index (χ4v) is 1.73. The molecule has 5 nitrogen and oxygen atoms in total. The molecule has 18 heavy (non-hydrogen) atoms. The number of amides is 2. The number of urea groups is 1. The predicted molar refractivity (Wildman–Crippen MR) is 72.7 cm³/mol. The zero-order valence-electron chi connectivity index (χ0n) is 10.4. The van der Waals surface area contributed by atoms with Crippen LogP contribution in [0.15, 0.2) is 22.7 Å². The molecule has 0 heterocycles. The SMILES string of the molecule is Cc1cc(Br)ccc1NC(=O)NC(C)(C)C(=O)O. The molecule has 1 aromatic carbocycles. The Hall–Kier alpha value is -1.56. The molecule has 0 saturated carbocycles. The van der Waals surface area contributed by atoms with E-state index in [1.807, 2.05) is 13.0 Å². The Labute approximate surface area is 114 Å². The number of carbonyl (C=O) groups excluding carboxylic acids is 1. The summed E-state index contributed by atoms with van der Waals surface area (Å²) in [7, 11) is 0. The molecule has 0 unspecified atom stereocenters. The summed E-state index contributed by atoms with van der Waals surface area (Å²) in [5, 5.41) is 13.9. The van der Waals surface area contributed by atoms with Gasteiger partial charge in [0.15, 0.2) is 0 Å². The maximum absolute atomic E-state index is 11.7. The lowest BCUT2D eigenvalue weighted by Crippen LogP contribution is -2.51. The fourth-order valence-electron chi connectivity index (χ4n) is 1.26. The number of nitrogens with one attached hydrogen (secondary N) is 2. The highest BCUT2D eigenvalue weighted by Crippen LogP contribution is 2.20. The molecule has 3 N–H and O–H groups in total. The molecule has 0 aliphatic heterocycles. The highest BCUT2D eigenvalue weighted by molar-refractivity contribution is 9.10. The number of benzene rings is 1. The molecular formula is C12H15BrN2O3. The van der Waals surface area contributed by atoms with E-state index in [1.165, 1.54) is 13.8 Å². The van der Waals surface area contributed by atoms with Gasteiger partial charge in [-0.3, -0.25) is 0 Å². The second kappa shape index (κ2) is 5.39. The van der Waals surface area contributed by atoms with Gasteiger partial charge in [0.2, 0.25) is 0 Å². The van der Waals surface area contributed by atoms with Crippen LogP contribution >= 0.6 is 15.9 Å². The first-order valence-electron chi connectivity index (χ1n) is 5.31. The number of hydrogen-bond acceptors (Lipinski definition) is 2. The molecule has 0 aliphatic carbocycles. The Morgan fingerprint density at radius 3 is 2.44 bits per heavy atom. The molecule has 6 heteroatoms. The number of carboxylic acids is 1. The van der Waals surface area contributed by atoms with Crippen LogP contribution in [0.5, 0.6) is 0 Å². The standard InChI is InChI=1S/C12H15BrN2O3/c1-7-6-8(13)4-5-9(7)14-11(18)15-12(2,3)10(16)17/h4-6H,1-3H3,(H,16,17)(H2,14,15,18). The molecule has 0 aliphatic rings. The molecule has 0 bridgehead atoms. The molecule has 2 amide bonds. The summed E-state index contributed by atoms with van der Waals surface area (Å²) >= 11 is 3.32. The third-order valence-corrected chi connectivity index (χ3v) is 2.89. The Kier molecular flexibility index (Phi) is 4.34. The fraction of sp³-hybridized carbons (Fsp3) is 0.333. The van der Waals surface area contributed by atoms with Crippen molar-refractivity contribution in [2.24, 2.45) is 0 Å². The average Bonchev–Trinajstić information content (AvgIpc) is 2.21. The third kappa shape index (κ3) is 3.73. The van der Waals surface area contributed by atoms with Gasteiger partial charge in [0.05, 0.1) is 0 Å². The van der Waals surface area contributed by atoms with Crippen molar-refractivity contribution in [1.29, 1.82) is 0 Å². The minimum absolute atomic E-state index is 0.548. The highest BCUT2D eigenvalue weighted by Gasteiger charge is 2.28. The minimum Gasteiger partial charge on any atom is -0.480 e. The van der Waals surface area contributed by atoms with Gasteiger partial charge < -0.3 is 15.7 Å². The van der Waals surface area contributed by atoms with Gasteiger partial charge in [0, 0.05) is 10.2 Å². The highest BCUT2D eigenvalue weighted by atomic mass is 79.9. The van der Waals surface area contributed by atoms with Gasteiger partial charge in [0.25, 0.3) is 0 Å². The van der Waals surface area contributed by atoms with Crippen LogP contribution in [-0.2, 0) is 4.79 Å². The molecule has 0 spiro atoms. The van der Waals surface area contributed by atoms with Gasteiger partial charge in [0.1, 0.15) is 5.54 Å². The largest absolute Gasteiger partial charge is 0.480 e. The third-order valence-electron chi connectivity index (χ3n) is 2.40. The smallest absolute Gasteiger partial charge is 0.328 e. The van der Waals surface area contributed by atoms with E-state index in [9.17, 15) is 9.59 Å². The molecule has 1 rings (SSSR count). The average molecular weight is 315 g/mol. The summed E-state index contributed by atoms with van der Waals surface area (Å²) < 4.78 is 0.914. The minimum atomic E-state index is -1.31. The van der Waals surface area contributed by atoms with Crippen molar-refractivity contribution in [2.45, 2.75) is 26.3 Å². The summed E-state index contributed by atoms with van der Waals surface area (Å²) in [6.45, 7) is 4.69. The van der Waals surface area contributed by atoms with Crippen LogP contribution in [0.1, 0.15) is 19.4 Å². The van der Waals surface area contributed by atoms with Crippen LogP contribution in [-0.4, -0.2) is 22.6 Å². The Balaban J connectivity index is 2.74. The monoisotopic (exact) mass is 314 g/mol. The van der Waals surface area contributed by atoms with E-state index in [-0.39, 0.29) is 0 Å². The molecule has 0 atom stereocenters. The summed E-state index contributed by atoms with van der Waals surface area (Å²) in [5.41, 5.74) is 0.206. The summed E-state index contributed by atoms with van der Waals surface area (Å²) in [5.74, 6) is -1.09. The zero-order chi connectivity index (χ0) is 13.9. The van der Waals surface area contributed by atoms with Crippen LogP contribution < -0.4 is 10.6 Å². The number of hydrogen-bond donors (Lipinski definition) is 3. The number of halogens is 1. The summed E-state index contributed by atoms with van der Waals surface area (Å²) in [4.78, 5) is 22.5. The van der Waals surface area contributed by atoms with E-state index in [0.717, 1.165) is 10.0 Å². The second-order valence-corrected chi connectivity index (χ2v) is 5.38. The molecule has 98 valence electrons. The van der Waals surface area contributed by atoms with Crippen molar-refractivity contribution in [3.8, 4) is 0 Å². The predicted octanol–water partition coefficient (Wildman–Crippen LogP) is 2.74. The van der Waals surface area contributed by atoms with E-state index < -0.39 is 17.5 Å². The molecular weight excluding hydrogens is 300 g/mol. The number of carbonyl (C=O) groups is 2. The molecule has 0 fully saturated rings. The number of rotatable bonds is 3. The van der Waals surface area contributed by atoms with Gasteiger partial charge in [-0.2, -0.15) is 0 Å². The van der Waals surface area contributed by atoms with Gasteiger partial charge in [-0.25, -0.2) is 9.59 Å². The maximum atomic E-state index is 11.7. The van der Waals surface area contributed by atoms with Gasteiger partial charge in [-0.15, -0.1) is 0 Å². The molecule has 0 radical (unpaired) electrons. The van der Waals surface area contributed by atoms with Crippen molar-refractivity contribution in [2.75, 3.05) is 5.32 Å². The maximum Gasteiger partial charge on any atom is 0.328 e. The Morgan fingerprint density at radius 1 is 1.33 bits per heavy atom. The van der Waals surface area contributed by atoms with Crippen LogP contribution in [0.25, 0.3) is 0 Å². The number of aliphatic carboxylic acids is 1. The second-order valence-electron chi connectivity index (χ2n) is 4.47. The van der Waals surface area contributed by atoms with Crippen molar-refractivity contribution in [3.63, 3.8) is 0 Å². The summed E-state index contributed by atoms with van der Waals surface area (Å²) in [6, 6.07) is 4.85. The Bertz CT molecular complexity index is 486. The zero-order valence-corrected chi connectivity index (χ0v) is 12.0. The first-order chi connectivity index (χ1) is 8.22. The van der Waals surface area contributed by atoms with Crippen LogP contribution in [0, 0.1) is 6.92 Å². The van der Waals surface area contributed by atoms with Crippen LogP contribution in [0.2, 0.25) is 0 Å². The number of aryl methyl sites for hydroxylation is 1. The normalized spacial score (nSPS) is 10.9. The van der Waals surface area contributed by atoms with Crippen molar-refractivity contribution in [1.82, 2.24) is 5.32 Å². The van der Waals surface area contributed by atoms with Crippen molar-refractivity contribution < 1.29 is 14.7 Å². The van der Waals surface area contributed by atoms with Crippen LogP contribution in [0.3, 0.4) is 0 Å². The van der Waals surface area contributed by atoms with Crippen LogP contribution in [0.4, 0.5) is 10.5 Å². The lowest BCUT2D eigenvalue weighted by atomic mass is 10.1. The van der Waals surface area contributed by atoms with Gasteiger partial charge >= 0.3 is 12.0 Å². The van der Waals surface area contributed by atoms with E-state index in [4.69, 9.17) is 5.11 Å². The van der Waals surface area contributed by atoms with Crippen molar-refractivity contribution >= 4 is 33.6 Å². The quantitative estimate of drug-likeness (QED) is 0.802. The van der Waals surface area contributed by atoms with E-state index in [2.05, 4.69) is 26.6 Å². The van der Waals surface area contributed by atoms with E-state index in [1.54, 1.807) is 12.1 Å². The van der Waals surface area contributed by atoms with Gasteiger partial charge in [-0.05, 0) is 44.5 Å². The van der Waals surface area contributed by atoms with Gasteiger partial charge in [-0.1, -0.05) is 15.9 Å². The van der Waals surface area contributed by atoms with E-state index in [0.29, 0.717) is 5.69 Å². The molecule has 0 saturated heterocycles. The lowest BCUT2D eigenvalue weighted by Gasteiger charge is -2.21. The lowest BCUT2D eigenvalue weighted by molar-refractivity contribution is -0.142. The first kappa shape index (κ1) is 14.5. The molecule has 0 aromatic heterocycles. The number of anilines is 1.